The zero-order valence-corrected chi connectivity index (χ0v) is 14.5. The van der Waals surface area contributed by atoms with Gasteiger partial charge in [0, 0.05) is 6.42 Å². The standard InChI is InChI=1S/C20H32O3/c1-2-3-4-5-6-7-8-9-12-15-18-19(23-18)16-13-10-11-14-17-20(21)22/h6-7,9-10,12-13,18-19H,2-5,8,11,14-17H2,1H3,(H,21,22)/b7-6+,12-9+,13-10+. The van der Waals surface area contributed by atoms with Crippen LogP contribution in [0.4, 0.5) is 0 Å². The molecule has 1 saturated heterocycles. The molecule has 2 unspecified atom stereocenters. The first-order valence-corrected chi connectivity index (χ1v) is 9.06. The Kier molecular flexibility index (Phi) is 11.2. The fourth-order valence-electron chi connectivity index (χ4n) is 2.44. The van der Waals surface area contributed by atoms with Crippen LogP contribution >= 0.6 is 0 Å². The Bertz CT molecular complexity index is 396. The second-order valence-electron chi connectivity index (χ2n) is 6.12. The summed E-state index contributed by atoms with van der Waals surface area (Å²) in [5.74, 6) is -0.716. The van der Waals surface area contributed by atoms with Crippen molar-refractivity contribution in [2.24, 2.45) is 0 Å². The molecule has 0 aromatic heterocycles. The number of allylic oxidation sites excluding steroid dienone is 4. The van der Waals surface area contributed by atoms with Gasteiger partial charge in [-0.15, -0.1) is 0 Å². The maximum Gasteiger partial charge on any atom is 0.303 e. The maximum absolute atomic E-state index is 10.4. The minimum Gasteiger partial charge on any atom is -0.481 e. The molecule has 3 nitrogen and oxygen atoms in total. The maximum atomic E-state index is 10.4. The van der Waals surface area contributed by atoms with E-state index in [9.17, 15) is 4.79 Å². The van der Waals surface area contributed by atoms with Crippen molar-refractivity contribution in [1.29, 1.82) is 0 Å². The van der Waals surface area contributed by atoms with E-state index in [1.54, 1.807) is 0 Å². The largest absolute Gasteiger partial charge is 0.481 e. The van der Waals surface area contributed by atoms with Crippen LogP contribution in [0.3, 0.4) is 0 Å². The summed E-state index contributed by atoms with van der Waals surface area (Å²) in [6.45, 7) is 2.23. The number of rotatable bonds is 14. The molecule has 0 spiro atoms. The number of carbonyl (C=O) groups is 1. The van der Waals surface area contributed by atoms with Gasteiger partial charge in [0.15, 0.2) is 0 Å². The van der Waals surface area contributed by atoms with Crippen LogP contribution in [0.15, 0.2) is 36.5 Å². The average Bonchev–Trinajstić information content (AvgIpc) is 3.27. The monoisotopic (exact) mass is 320 g/mol. The van der Waals surface area contributed by atoms with Gasteiger partial charge in [-0.3, -0.25) is 4.79 Å². The summed E-state index contributed by atoms with van der Waals surface area (Å²) < 4.78 is 5.62. The van der Waals surface area contributed by atoms with Gasteiger partial charge in [0.25, 0.3) is 0 Å². The van der Waals surface area contributed by atoms with E-state index < -0.39 is 5.97 Å². The molecule has 1 N–H and O–H groups in total. The summed E-state index contributed by atoms with van der Waals surface area (Å²) >= 11 is 0. The number of ether oxygens (including phenoxy) is 1. The first kappa shape index (κ1) is 19.7. The minimum absolute atomic E-state index is 0.255. The molecule has 130 valence electrons. The van der Waals surface area contributed by atoms with Crippen molar-refractivity contribution in [3.05, 3.63) is 36.5 Å². The molecule has 0 radical (unpaired) electrons. The van der Waals surface area contributed by atoms with Crippen LogP contribution < -0.4 is 0 Å². The normalized spacial score (nSPS) is 20.9. The molecule has 0 bridgehead atoms. The number of aliphatic carboxylic acids is 1. The van der Waals surface area contributed by atoms with Gasteiger partial charge in [-0.2, -0.15) is 0 Å². The van der Waals surface area contributed by atoms with Crippen LogP contribution in [0.2, 0.25) is 0 Å². The first-order chi connectivity index (χ1) is 11.2. The van der Waals surface area contributed by atoms with E-state index in [0.29, 0.717) is 12.2 Å². The lowest BCUT2D eigenvalue weighted by molar-refractivity contribution is -0.137. The molecule has 0 aromatic carbocycles. The molecule has 2 atom stereocenters. The molecule has 0 aromatic rings. The van der Waals surface area contributed by atoms with Crippen molar-refractivity contribution < 1.29 is 14.6 Å². The number of hydrogen-bond donors (Lipinski definition) is 1. The topological polar surface area (TPSA) is 49.8 Å². The van der Waals surface area contributed by atoms with Crippen molar-refractivity contribution in [3.63, 3.8) is 0 Å². The van der Waals surface area contributed by atoms with Crippen LogP contribution in [0.5, 0.6) is 0 Å². The van der Waals surface area contributed by atoms with Crippen molar-refractivity contribution in [1.82, 2.24) is 0 Å². The number of carboxylic acid groups (broad SMARTS) is 1. The fraction of sp³-hybridized carbons (Fsp3) is 0.650. The molecule has 1 aliphatic rings. The van der Waals surface area contributed by atoms with Gasteiger partial charge in [0.05, 0.1) is 12.2 Å². The van der Waals surface area contributed by atoms with Crippen molar-refractivity contribution in [2.75, 3.05) is 0 Å². The van der Waals surface area contributed by atoms with Crippen LogP contribution in [0, 0.1) is 0 Å². The van der Waals surface area contributed by atoms with Gasteiger partial charge >= 0.3 is 5.97 Å². The lowest BCUT2D eigenvalue weighted by atomic mass is 10.1. The molecule has 1 rings (SSSR count). The molecule has 0 amide bonds. The molecule has 3 heteroatoms. The Balaban J connectivity index is 1.93. The van der Waals surface area contributed by atoms with E-state index in [2.05, 4.69) is 43.4 Å². The third kappa shape index (κ3) is 11.8. The van der Waals surface area contributed by atoms with Crippen LogP contribution in [-0.2, 0) is 9.53 Å². The quantitative estimate of drug-likeness (QED) is 0.264. The van der Waals surface area contributed by atoms with Gasteiger partial charge in [0.1, 0.15) is 0 Å². The third-order valence-corrected chi connectivity index (χ3v) is 3.93. The molecular formula is C20H32O3. The van der Waals surface area contributed by atoms with Crippen LogP contribution in [0.25, 0.3) is 0 Å². The zero-order valence-electron chi connectivity index (χ0n) is 14.5. The van der Waals surface area contributed by atoms with E-state index in [1.807, 2.05) is 0 Å². The predicted molar refractivity (Wildman–Crippen MR) is 95.6 cm³/mol. The summed E-state index contributed by atoms with van der Waals surface area (Å²) in [5, 5.41) is 8.53. The van der Waals surface area contributed by atoms with Gasteiger partial charge in [-0.05, 0) is 44.9 Å². The molecule has 1 fully saturated rings. The molecule has 1 aliphatic heterocycles. The fourth-order valence-corrected chi connectivity index (χ4v) is 2.44. The van der Waals surface area contributed by atoms with Crippen molar-refractivity contribution in [2.45, 2.75) is 83.3 Å². The van der Waals surface area contributed by atoms with Crippen LogP contribution in [-0.4, -0.2) is 23.3 Å². The highest BCUT2D eigenvalue weighted by atomic mass is 16.6. The number of carboxylic acids is 1. The molecule has 0 saturated carbocycles. The SMILES string of the molecule is CCCCC/C=C/C/C=C/CC1OC1C/C=C/CCCC(=O)O. The first-order valence-electron chi connectivity index (χ1n) is 9.06. The van der Waals surface area contributed by atoms with E-state index in [0.717, 1.165) is 32.1 Å². The molecule has 1 heterocycles. The lowest BCUT2D eigenvalue weighted by Crippen LogP contribution is -1.93. The molecule has 0 aliphatic carbocycles. The number of epoxide rings is 1. The molecular weight excluding hydrogens is 288 g/mol. The Morgan fingerprint density at radius 2 is 1.52 bits per heavy atom. The van der Waals surface area contributed by atoms with Gasteiger partial charge in [-0.1, -0.05) is 56.2 Å². The van der Waals surface area contributed by atoms with Gasteiger partial charge in [0.2, 0.25) is 0 Å². The zero-order chi connectivity index (χ0) is 16.8. The summed E-state index contributed by atoms with van der Waals surface area (Å²) in [6.07, 6.45) is 23.8. The summed E-state index contributed by atoms with van der Waals surface area (Å²) in [7, 11) is 0. The van der Waals surface area contributed by atoms with Gasteiger partial charge in [-0.25, -0.2) is 0 Å². The minimum atomic E-state index is -0.716. The Labute approximate surface area is 141 Å². The Hall–Kier alpha value is -1.35. The van der Waals surface area contributed by atoms with E-state index >= 15 is 0 Å². The summed E-state index contributed by atoms with van der Waals surface area (Å²) in [6, 6.07) is 0. The number of unbranched alkanes of at least 4 members (excludes halogenated alkanes) is 4. The van der Waals surface area contributed by atoms with E-state index in [-0.39, 0.29) is 6.42 Å². The highest BCUT2D eigenvalue weighted by Crippen LogP contribution is 2.29. The van der Waals surface area contributed by atoms with Crippen LogP contribution in [0.1, 0.15) is 71.1 Å². The van der Waals surface area contributed by atoms with E-state index in [1.165, 1.54) is 25.7 Å². The second-order valence-corrected chi connectivity index (χ2v) is 6.12. The van der Waals surface area contributed by atoms with Crippen molar-refractivity contribution in [3.8, 4) is 0 Å². The molecule has 23 heavy (non-hydrogen) atoms. The van der Waals surface area contributed by atoms with Gasteiger partial charge < -0.3 is 9.84 Å². The highest BCUT2D eigenvalue weighted by Gasteiger charge is 2.35. The summed E-state index contributed by atoms with van der Waals surface area (Å²) in [4.78, 5) is 10.4. The average molecular weight is 320 g/mol. The lowest BCUT2D eigenvalue weighted by Gasteiger charge is -1.91. The second kappa shape index (κ2) is 13.1. The Morgan fingerprint density at radius 3 is 2.22 bits per heavy atom. The number of hydrogen-bond acceptors (Lipinski definition) is 2. The third-order valence-electron chi connectivity index (χ3n) is 3.93. The Morgan fingerprint density at radius 1 is 0.913 bits per heavy atom. The smallest absolute Gasteiger partial charge is 0.303 e. The summed E-state index contributed by atoms with van der Waals surface area (Å²) in [5.41, 5.74) is 0. The highest BCUT2D eigenvalue weighted by molar-refractivity contribution is 5.66. The predicted octanol–water partition coefficient (Wildman–Crippen LogP) is 5.43. The van der Waals surface area contributed by atoms with Crippen molar-refractivity contribution >= 4 is 5.97 Å². The van der Waals surface area contributed by atoms with E-state index in [4.69, 9.17) is 9.84 Å².